The van der Waals surface area contributed by atoms with Gasteiger partial charge in [-0.05, 0) is 31.2 Å². The van der Waals surface area contributed by atoms with E-state index in [2.05, 4.69) is 10.3 Å². The minimum atomic E-state index is -0.386. The standard InChI is InChI=1S/C19H19N3O3/c1-13(22-12-20-15-5-2-3-6-16(15)22)19(23)21-14-7-8-17-18(11-14)25-10-4-9-24-17/h2-3,5-8,11-13H,4,9-10H2,1H3,(H,21,23). The zero-order chi connectivity index (χ0) is 17.2. The summed E-state index contributed by atoms with van der Waals surface area (Å²) in [6.07, 6.45) is 2.55. The fourth-order valence-corrected chi connectivity index (χ4v) is 2.90. The summed E-state index contributed by atoms with van der Waals surface area (Å²) in [6.45, 7) is 3.11. The van der Waals surface area contributed by atoms with Gasteiger partial charge in [0.25, 0.3) is 0 Å². The molecule has 6 nitrogen and oxygen atoms in total. The van der Waals surface area contributed by atoms with Crippen LogP contribution >= 0.6 is 0 Å². The summed E-state index contributed by atoms with van der Waals surface area (Å²) in [4.78, 5) is 17.0. The van der Waals surface area contributed by atoms with Crippen molar-refractivity contribution in [3.8, 4) is 11.5 Å². The van der Waals surface area contributed by atoms with E-state index in [1.165, 1.54) is 0 Å². The van der Waals surface area contributed by atoms with E-state index in [-0.39, 0.29) is 11.9 Å². The van der Waals surface area contributed by atoms with Crippen LogP contribution in [0.25, 0.3) is 11.0 Å². The number of anilines is 1. The lowest BCUT2D eigenvalue weighted by molar-refractivity contribution is -0.118. The van der Waals surface area contributed by atoms with E-state index in [1.54, 1.807) is 12.4 Å². The second-order valence-electron chi connectivity index (χ2n) is 6.02. The van der Waals surface area contributed by atoms with Gasteiger partial charge in [-0.15, -0.1) is 0 Å². The number of benzene rings is 2. The van der Waals surface area contributed by atoms with E-state index in [4.69, 9.17) is 9.47 Å². The lowest BCUT2D eigenvalue weighted by Gasteiger charge is -2.15. The van der Waals surface area contributed by atoms with Crippen LogP contribution in [-0.4, -0.2) is 28.7 Å². The first-order chi connectivity index (χ1) is 12.2. The van der Waals surface area contributed by atoms with Gasteiger partial charge in [-0.25, -0.2) is 4.98 Å². The Morgan fingerprint density at radius 2 is 1.96 bits per heavy atom. The lowest BCUT2D eigenvalue weighted by Crippen LogP contribution is -2.23. The average Bonchev–Trinajstić information content (AvgIpc) is 2.92. The number of carbonyl (C=O) groups is 1. The lowest BCUT2D eigenvalue weighted by atomic mass is 10.2. The molecule has 1 unspecified atom stereocenters. The molecule has 6 heteroatoms. The van der Waals surface area contributed by atoms with Gasteiger partial charge in [-0.1, -0.05) is 12.1 Å². The number of nitrogens with one attached hydrogen (secondary N) is 1. The second-order valence-corrected chi connectivity index (χ2v) is 6.02. The summed E-state index contributed by atoms with van der Waals surface area (Å²) in [5.74, 6) is 1.26. The van der Waals surface area contributed by atoms with Crippen molar-refractivity contribution in [2.24, 2.45) is 0 Å². The predicted molar refractivity (Wildman–Crippen MR) is 95.1 cm³/mol. The van der Waals surface area contributed by atoms with E-state index in [0.717, 1.165) is 17.5 Å². The van der Waals surface area contributed by atoms with Crippen LogP contribution in [0.4, 0.5) is 5.69 Å². The van der Waals surface area contributed by atoms with Crippen molar-refractivity contribution in [1.82, 2.24) is 9.55 Å². The molecule has 0 aliphatic carbocycles. The summed E-state index contributed by atoms with van der Waals surface area (Å²) in [7, 11) is 0. The van der Waals surface area contributed by atoms with E-state index in [0.29, 0.717) is 30.4 Å². The van der Waals surface area contributed by atoms with Gasteiger partial charge in [0.2, 0.25) is 5.91 Å². The molecule has 3 aromatic rings. The van der Waals surface area contributed by atoms with Crippen LogP contribution in [0.15, 0.2) is 48.8 Å². The van der Waals surface area contributed by atoms with Crippen LogP contribution in [0.2, 0.25) is 0 Å². The fourth-order valence-electron chi connectivity index (χ4n) is 2.90. The molecule has 1 atom stereocenters. The summed E-state index contributed by atoms with van der Waals surface area (Å²) in [5, 5.41) is 2.94. The number of hydrogen-bond acceptors (Lipinski definition) is 4. The van der Waals surface area contributed by atoms with Crippen molar-refractivity contribution < 1.29 is 14.3 Å². The molecule has 128 valence electrons. The number of para-hydroxylation sites is 2. The maximum Gasteiger partial charge on any atom is 0.247 e. The molecule has 0 bridgehead atoms. The molecule has 0 radical (unpaired) electrons. The molecular formula is C19H19N3O3. The Labute approximate surface area is 145 Å². The Kier molecular flexibility index (Phi) is 4.01. The van der Waals surface area contributed by atoms with Crippen LogP contribution in [0.3, 0.4) is 0 Å². The first-order valence-electron chi connectivity index (χ1n) is 8.34. The van der Waals surface area contributed by atoms with E-state index in [1.807, 2.05) is 47.9 Å². The number of fused-ring (bicyclic) bond motifs is 2. The number of carbonyl (C=O) groups excluding carboxylic acids is 1. The molecule has 1 aliphatic heterocycles. The van der Waals surface area contributed by atoms with Crippen molar-refractivity contribution in [2.45, 2.75) is 19.4 Å². The number of rotatable bonds is 3. The van der Waals surface area contributed by atoms with Crippen molar-refractivity contribution in [3.63, 3.8) is 0 Å². The molecule has 0 fully saturated rings. The zero-order valence-corrected chi connectivity index (χ0v) is 13.9. The third-order valence-corrected chi connectivity index (χ3v) is 4.29. The number of amides is 1. The minimum absolute atomic E-state index is 0.113. The molecule has 1 amide bonds. The Hall–Kier alpha value is -3.02. The average molecular weight is 337 g/mol. The van der Waals surface area contributed by atoms with Crippen molar-refractivity contribution in [2.75, 3.05) is 18.5 Å². The monoisotopic (exact) mass is 337 g/mol. The molecule has 0 saturated carbocycles. The Bertz CT molecular complexity index is 919. The molecule has 2 aromatic carbocycles. The fraction of sp³-hybridized carbons (Fsp3) is 0.263. The first kappa shape index (κ1) is 15.5. The van der Waals surface area contributed by atoms with Gasteiger partial charge in [-0.2, -0.15) is 0 Å². The molecule has 1 aromatic heterocycles. The van der Waals surface area contributed by atoms with Crippen molar-refractivity contribution in [3.05, 3.63) is 48.8 Å². The molecule has 25 heavy (non-hydrogen) atoms. The highest BCUT2D eigenvalue weighted by Crippen LogP contribution is 2.32. The predicted octanol–water partition coefficient (Wildman–Crippen LogP) is 3.40. The first-order valence-corrected chi connectivity index (χ1v) is 8.34. The van der Waals surface area contributed by atoms with Crippen molar-refractivity contribution >= 4 is 22.6 Å². The van der Waals surface area contributed by atoms with Gasteiger partial charge < -0.3 is 19.4 Å². The number of hydrogen-bond donors (Lipinski definition) is 1. The maximum atomic E-state index is 12.7. The van der Waals surface area contributed by atoms with Crippen LogP contribution < -0.4 is 14.8 Å². The number of ether oxygens (including phenoxy) is 2. The van der Waals surface area contributed by atoms with Gasteiger partial charge in [0.15, 0.2) is 11.5 Å². The highest BCUT2D eigenvalue weighted by molar-refractivity contribution is 5.94. The summed E-state index contributed by atoms with van der Waals surface area (Å²) in [5.41, 5.74) is 2.49. The Morgan fingerprint density at radius 3 is 2.84 bits per heavy atom. The molecule has 0 saturated heterocycles. The second kappa shape index (κ2) is 6.47. The normalized spacial score (nSPS) is 14.8. The van der Waals surface area contributed by atoms with Crippen molar-refractivity contribution in [1.29, 1.82) is 0 Å². The molecule has 0 spiro atoms. The van der Waals surface area contributed by atoms with E-state index in [9.17, 15) is 4.79 Å². The highest BCUT2D eigenvalue weighted by Gasteiger charge is 2.18. The topological polar surface area (TPSA) is 65.4 Å². The largest absolute Gasteiger partial charge is 0.490 e. The quantitative estimate of drug-likeness (QED) is 0.795. The van der Waals surface area contributed by atoms with Gasteiger partial charge in [0, 0.05) is 18.2 Å². The number of aromatic nitrogens is 2. The summed E-state index contributed by atoms with van der Waals surface area (Å²) in [6, 6.07) is 12.8. The van der Waals surface area contributed by atoms with Crippen LogP contribution in [0.5, 0.6) is 11.5 Å². The minimum Gasteiger partial charge on any atom is -0.490 e. The van der Waals surface area contributed by atoms with Gasteiger partial charge in [-0.3, -0.25) is 4.79 Å². The SMILES string of the molecule is CC(C(=O)Nc1ccc2c(c1)OCCCO2)n1cnc2ccccc21. The Morgan fingerprint density at radius 1 is 1.16 bits per heavy atom. The number of nitrogens with zero attached hydrogens (tertiary/aromatic N) is 2. The molecule has 1 N–H and O–H groups in total. The molecule has 4 rings (SSSR count). The van der Waals surface area contributed by atoms with Gasteiger partial charge in [0.1, 0.15) is 6.04 Å². The van der Waals surface area contributed by atoms with Crippen LogP contribution in [0.1, 0.15) is 19.4 Å². The molecular weight excluding hydrogens is 318 g/mol. The molecule has 2 heterocycles. The highest BCUT2D eigenvalue weighted by atomic mass is 16.5. The zero-order valence-electron chi connectivity index (χ0n) is 13.9. The third-order valence-electron chi connectivity index (χ3n) is 4.29. The molecule has 1 aliphatic rings. The van der Waals surface area contributed by atoms with Gasteiger partial charge in [0.05, 0.1) is 30.6 Å². The van der Waals surface area contributed by atoms with Gasteiger partial charge >= 0.3 is 0 Å². The third kappa shape index (κ3) is 3.03. The number of imidazole rings is 1. The smallest absolute Gasteiger partial charge is 0.247 e. The van der Waals surface area contributed by atoms with E-state index < -0.39 is 0 Å². The van der Waals surface area contributed by atoms with E-state index >= 15 is 0 Å². The maximum absolute atomic E-state index is 12.7. The van der Waals surface area contributed by atoms with Crippen LogP contribution in [-0.2, 0) is 4.79 Å². The summed E-state index contributed by atoms with van der Waals surface area (Å²) >= 11 is 0. The van der Waals surface area contributed by atoms with Crippen LogP contribution in [0, 0.1) is 0 Å². The summed E-state index contributed by atoms with van der Waals surface area (Å²) < 4.78 is 13.2. The Balaban J connectivity index is 1.54.